The molecule has 0 spiro atoms. The summed E-state index contributed by atoms with van der Waals surface area (Å²) in [7, 11) is -2.98. The molecule has 2 rings (SSSR count). The van der Waals surface area contributed by atoms with Crippen molar-refractivity contribution in [3.05, 3.63) is 34.9 Å². The highest BCUT2D eigenvalue weighted by atomic mass is 35.5. The Kier molecular flexibility index (Phi) is 5.83. The summed E-state index contributed by atoms with van der Waals surface area (Å²) in [6.07, 6.45) is 1.18. The minimum absolute atomic E-state index is 0.0601. The number of benzene rings is 1. The van der Waals surface area contributed by atoms with Crippen LogP contribution in [-0.4, -0.2) is 48.5 Å². The first-order valence-electron chi connectivity index (χ1n) is 7.27. The Bertz CT molecular complexity index is 632. The summed E-state index contributed by atoms with van der Waals surface area (Å²) in [6.45, 7) is 1.09. The molecule has 1 saturated heterocycles. The summed E-state index contributed by atoms with van der Waals surface area (Å²) in [5, 5.41) is 9.42. The van der Waals surface area contributed by atoms with Crippen LogP contribution < -0.4 is 0 Å². The third kappa shape index (κ3) is 4.97. The predicted octanol–water partition coefficient (Wildman–Crippen LogP) is 2.19. The van der Waals surface area contributed by atoms with Crippen LogP contribution in [0.15, 0.2) is 24.3 Å². The van der Waals surface area contributed by atoms with E-state index in [9.17, 15) is 13.2 Å². The van der Waals surface area contributed by atoms with Crippen molar-refractivity contribution in [2.45, 2.75) is 31.8 Å². The van der Waals surface area contributed by atoms with E-state index in [1.54, 1.807) is 6.07 Å². The van der Waals surface area contributed by atoms with Crippen LogP contribution in [0.2, 0.25) is 5.02 Å². The molecule has 1 N–H and O–H groups in total. The van der Waals surface area contributed by atoms with Crippen molar-refractivity contribution in [2.75, 3.05) is 18.1 Å². The van der Waals surface area contributed by atoms with Gasteiger partial charge in [-0.3, -0.25) is 9.69 Å². The van der Waals surface area contributed by atoms with E-state index >= 15 is 0 Å². The lowest BCUT2D eigenvalue weighted by Gasteiger charge is -2.28. The van der Waals surface area contributed by atoms with Crippen molar-refractivity contribution < 1.29 is 18.3 Å². The Morgan fingerprint density at radius 1 is 1.36 bits per heavy atom. The number of sulfone groups is 1. The van der Waals surface area contributed by atoms with Crippen LogP contribution in [0, 0.1) is 0 Å². The average Bonchev–Trinajstić information content (AvgIpc) is 2.80. The van der Waals surface area contributed by atoms with Crippen LogP contribution in [0.1, 0.15) is 24.8 Å². The zero-order chi connectivity index (χ0) is 16.2. The number of carbonyl (C=O) groups is 1. The number of rotatable bonds is 7. The molecule has 0 bridgehead atoms. The van der Waals surface area contributed by atoms with Gasteiger partial charge in [-0.2, -0.15) is 0 Å². The first kappa shape index (κ1) is 17.2. The topological polar surface area (TPSA) is 74.7 Å². The number of halogens is 1. The van der Waals surface area contributed by atoms with Crippen molar-refractivity contribution in [3.8, 4) is 0 Å². The molecule has 0 amide bonds. The van der Waals surface area contributed by atoms with Crippen LogP contribution in [0.3, 0.4) is 0 Å². The first-order chi connectivity index (χ1) is 10.4. The van der Waals surface area contributed by atoms with Gasteiger partial charge < -0.3 is 5.11 Å². The molecule has 5 nitrogen and oxygen atoms in total. The molecule has 0 saturated carbocycles. The lowest BCUT2D eigenvalue weighted by Crippen LogP contribution is -2.36. The summed E-state index contributed by atoms with van der Waals surface area (Å²) < 4.78 is 23.4. The summed E-state index contributed by atoms with van der Waals surface area (Å²) in [5.74, 6) is -0.489. The Balaban J connectivity index is 2.07. The maximum Gasteiger partial charge on any atom is 0.303 e. The van der Waals surface area contributed by atoms with Gasteiger partial charge in [0.25, 0.3) is 0 Å². The molecule has 0 unspecified atom stereocenters. The molecule has 1 heterocycles. The van der Waals surface area contributed by atoms with Crippen LogP contribution in [-0.2, 0) is 21.2 Å². The van der Waals surface area contributed by atoms with E-state index in [-0.39, 0.29) is 24.0 Å². The van der Waals surface area contributed by atoms with Gasteiger partial charge in [-0.15, -0.1) is 0 Å². The van der Waals surface area contributed by atoms with Crippen molar-refractivity contribution in [1.29, 1.82) is 0 Å². The summed E-state index contributed by atoms with van der Waals surface area (Å²) in [5.41, 5.74) is 0.934. The van der Waals surface area contributed by atoms with Gasteiger partial charge in [0.2, 0.25) is 0 Å². The first-order valence-corrected chi connectivity index (χ1v) is 9.47. The second kappa shape index (κ2) is 7.44. The van der Waals surface area contributed by atoms with Crippen molar-refractivity contribution in [1.82, 2.24) is 4.90 Å². The monoisotopic (exact) mass is 345 g/mol. The molecule has 1 aliphatic heterocycles. The second-order valence-corrected chi connectivity index (χ2v) is 8.25. The minimum atomic E-state index is -2.98. The zero-order valence-corrected chi connectivity index (χ0v) is 13.8. The molecule has 1 aromatic rings. The lowest BCUT2D eigenvalue weighted by molar-refractivity contribution is -0.137. The van der Waals surface area contributed by atoms with Crippen molar-refractivity contribution in [2.24, 2.45) is 0 Å². The van der Waals surface area contributed by atoms with Crippen molar-refractivity contribution >= 4 is 27.4 Å². The molecule has 0 radical (unpaired) electrons. The van der Waals surface area contributed by atoms with Crippen LogP contribution in [0.4, 0.5) is 0 Å². The van der Waals surface area contributed by atoms with E-state index in [1.807, 2.05) is 18.2 Å². The number of carboxylic acids is 1. The zero-order valence-electron chi connectivity index (χ0n) is 12.2. The SMILES string of the molecule is O=C(O)CCCN(Cc1ccccc1Cl)[C@H]1CCS(=O)(=O)C1. The lowest BCUT2D eigenvalue weighted by atomic mass is 10.1. The molecular formula is C15H20ClNO4S. The van der Waals surface area contributed by atoms with E-state index in [0.29, 0.717) is 31.0 Å². The molecule has 1 fully saturated rings. The Labute approximate surface area is 135 Å². The third-order valence-corrected chi connectivity index (χ3v) is 6.01. The fourth-order valence-corrected chi connectivity index (χ4v) is 4.69. The predicted molar refractivity (Wildman–Crippen MR) is 85.8 cm³/mol. The number of aliphatic carboxylic acids is 1. The molecule has 1 aromatic carbocycles. The molecule has 0 aromatic heterocycles. The van der Waals surface area contributed by atoms with E-state index in [4.69, 9.17) is 16.7 Å². The Morgan fingerprint density at radius 3 is 2.68 bits per heavy atom. The molecule has 0 aliphatic carbocycles. The van der Waals surface area contributed by atoms with Gasteiger partial charge in [-0.05, 0) is 31.0 Å². The van der Waals surface area contributed by atoms with Crippen LogP contribution in [0.25, 0.3) is 0 Å². The van der Waals surface area contributed by atoms with Crippen LogP contribution in [0.5, 0.6) is 0 Å². The standard InChI is InChI=1S/C15H20ClNO4S/c16-14-5-2-1-4-12(14)10-17(8-3-6-15(18)19)13-7-9-22(20,21)11-13/h1-2,4-5,13H,3,6-11H2,(H,18,19)/t13-/m0/s1. The number of hydrogen-bond donors (Lipinski definition) is 1. The maximum absolute atomic E-state index is 11.7. The van der Waals surface area contributed by atoms with Gasteiger partial charge in [0.15, 0.2) is 9.84 Å². The quantitative estimate of drug-likeness (QED) is 0.820. The van der Waals surface area contributed by atoms with Gasteiger partial charge in [0.05, 0.1) is 11.5 Å². The summed E-state index contributed by atoms with van der Waals surface area (Å²) in [6, 6.07) is 7.39. The van der Waals surface area contributed by atoms with Gasteiger partial charge >= 0.3 is 5.97 Å². The number of hydrogen-bond acceptors (Lipinski definition) is 4. The van der Waals surface area contributed by atoms with Gasteiger partial charge in [0, 0.05) is 24.0 Å². The number of nitrogens with zero attached hydrogens (tertiary/aromatic N) is 1. The Hall–Kier alpha value is -1.11. The van der Waals surface area contributed by atoms with Gasteiger partial charge in [-0.25, -0.2) is 8.42 Å². The number of carboxylic acid groups (broad SMARTS) is 1. The minimum Gasteiger partial charge on any atom is -0.481 e. The fraction of sp³-hybridized carbons (Fsp3) is 0.533. The third-order valence-electron chi connectivity index (χ3n) is 3.89. The van der Waals surface area contributed by atoms with E-state index in [0.717, 1.165) is 5.56 Å². The smallest absolute Gasteiger partial charge is 0.303 e. The van der Waals surface area contributed by atoms with Gasteiger partial charge in [0.1, 0.15) is 0 Å². The van der Waals surface area contributed by atoms with Crippen molar-refractivity contribution in [3.63, 3.8) is 0 Å². The molecule has 122 valence electrons. The fourth-order valence-electron chi connectivity index (χ4n) is 2.73. The highest BCUT2D eigenvalue weighted by molar-refractivity contribution is 7.91. The molecule has 22 heavy (non-hydrogen) atoms. The van der Waals surface area contributed by atoms with E-state index in [1.165, 1.54) is 0 Å². The summed E-state index contributed by atoms with van der Waals surface area (Å²) in [4.78, 5) is 12.7. The normalized spacial score (nSPS) is 20.4. The maximum atomic E-state index is 11.7. The Morgan fingerprint density at radius 2 is 2.09 bits per heavy atom. The molecule has 7 heteroatoms. The highest BCUT2D eigenvalue weighted by Gasteiger charge is 2.32. The molecular weight excluding hydrogens is 326 g/mol. The van der Waals surface area contributed by atoms with Crippen LogP contribution >= 0.6 is 11.6 Å². The van der Waals surface area contributed by atoms with Gasteiger partial charge in [-0.1, -0.05) is 29.8 Å². The summed E-state index contributed by atoms with van der Waals surface area (Å²) >= 11 is 6.18. The molecule has 1 atom stereocenters. The highest BCUT2D eigenvalue weighted by Crippen LogP contribution is 2.23. The van der Waals surface area contributed by atoms with E-state index < -0.39 is 15.8 Å². The second-order valence-electron chi connectivity index (χ2n) is 5.62. The average molecular weight is 346 g/mol. The van der Waals surface area contributed by atoms with E-state index in [2.05, 4.69) is 4.90 Å². The molecule has 1 aliphatic rings. The largest absolute Gasteiger partial charge is 0.481 e.